The van der Waals surface area contributed by atoms with Crippen LogP contribution in [0.15, 0.2) is 0 Å². The number of carbonyl (C=O) groups is 2. The van der Waals surface area contributed by atoms with Gasteiger partial charge in [0, 0.05) is 0 Å². The maximum atomic E-state index is 12.3. The van der Waals surface area contributed by atoms with Crippen molar-refractivity contribution < 1.29 is 14.7 Å². The summed E-state index contributed by atoms with van der Waals surface area (Å²) in [6, 6.07) is -0.820. The van der Waals surface area contributed by atoms with E-state index in [0.29, 0.717) is 0 Å². The molecular weight excluding hydrogens is 232 g/mol. The number of amides is 1. The summed E-state index contributed by atoms with van der Waals surface area (Å²) < 4.78 is 0. The second-order valence-electron chi connectivity index (χ2n) is 5.79. The van der Waals surface area contributed by atoms with Crippen molar-refractivity contribution in [3.8, 4) is 0 Å². The summed E-state index contributed by atoms with van der Waals surface area (Å²) in [4.78, 5) is 25.5. The molecule has 0 aromatic carbocycles. The molecule has 5 heteroatoms. The molecule has 18 heavy (non-hydrogen) atoms. The summed E-state index contributed by atoms with van der Waals surface area (Å²) in [5.41, 5.74) is -0.640. The Bertz CT molecular complexity index is 320. The summed E-state index contributed by atoms with van der Waals surface area (Å²) in [5.74, 6) is -1.30. The number of carboxylic acid groups (broad SMARTS) is 1. The molecule has 0 aromatic rings. The van der Waals surface area contributed by atoms with Gasteiger partial charge in [0.25, 0.3) is 0 Å². The van der Waals surface area contributed by atoms with E-state index in [1.54, 1.807) is 13.8 Å². The number of hydrogen-bond donors (Lipinski definition) is 2. The normalized spacial score (nSPS) is 18.9. The van der Waals surface area contributed by atoms with Crippen molar-refractivity contribution >= 4 is 11.9 Å². The highest BCUT2D eigenvalue weighted by atomic mass is 16.4. The predicted octanol–water partition coefficient (Wildman–Crippen LogP) is 1.09. The van der Waals surface area contributed by atoms with Gasteiger partial charge < -0.3 is 10.4 Å². The van der Waals surface area contributed by atoms with Gasteiger partial charge in [0.1, 0.15) is 6.04 Å². The second kappa shape index (κ2) is 5.69. The van der Waals surface area contributed by atoms with Crippen molar-refractivity contribution in [1.29, 1.82) is 0 Å². The van der Waals surface area contributed by atoms with E-state index in [1.165, 1.54) is 0 Å². The van der Waals surface area contributed by atoms with Crippen LogP contribution in [0.1, 0.15) is 40.5 Å². The van der Waals surface area contributed by atoms with Crippen LogP contribution in [0.25, 0.3) is 0 Å². The van der Waals surface area contributed by atoms with Crippen LogP contribution in [0.5, 0.6) is 0 Å². The summed E-state index contributed by atoms with van der Waals surface area (Å²) >= 11 is 0. The molecule has 0 spiro atoms. The average molecular weight is 256 g/mol. The van der Waals surface area contributed by atoms with Crippen molar-refractivity contribution in [1.82, 2.24) is 10.2 Å². The number of nitrogens with one attached hydrogen (secondary N) is 1. The maximum absolute atomic E-state index is 12.3. The monoisotopic (exact) mass is 256 g/mol. The molecule has 104 valence electrons. The van der Waals surface area contributed by atoms with Crippen LogP contribution in [0.4, 0.5) is 0 Å². The molecule has 1 unspecified atom stereocenters. The van der Waals surface area contributed by atoms with Crippen LogP contribution >= 0.6 is 0 Å². The number of aliphatic carboxylic acids is 1. The molecule has 2 N–H and O–H groups in total. The van der Waals surface area contributed by atoms with Crippen LogP contribution in [0, 0.1) is 5.92 Å². The quantitative estimate of drug-likeness (QED) is 0.772. The second-order valence-corrected chi connectivity index (χ2v) is 5.79. The van der Waals surface area contributed by atoms with E-state index in [4.69, 9.17) is 5.11 Å². The third kappa shape index (κ3) is 3.22. The molecular formula is C13H24N2O3. The van der Waals surface area contributed by atoms with Crippen LogP contribution < -0.4 is 5.32 Å². The Labute approximate surface area is 109 Å². The Hall–Kier alpha value is -1.10. The zero-order valence-electron chi connectivity index (χ0n) is 11.7. The van der Waals surface area contributed by atoms with Gasteiger partial charge in [-0.15, -0.1) is 0 Å². The Morgan fingerprint density at radius 1 is 1.22 bits per heavy atom. The fourth-order valence-electron chi connectivity index (χ4n) is 2.25. The number of carboxylic acids is 1. The van der Waals surface area contributed by atoms with Crippen molar-refractivity contribution in [3.63, 3.8) is 0 Å². The Morgan fingerprint density at radius 2 is 1.72 bits per heavy atom. The number of rotatable bonds is 5. The van der Waals surface area contributed by atoms with E-state index >= 15 is 0 Å². The smallest absolute Gasteiger partial charge is 0.326 e. The lowest BCUT2D eigenvalue weighted by molar-refractivity contribution is -0.145. The molecule has 1 saturated heterocycles. The first-order valence-electron chi connectivity index (χ1n) is 6.55. The molecule has 1 atom stereocenters. The van der Waals surface area contributed by atoms with Crippen LogP contribution in [0.2, 0.25) is 0 Å². The van der Waals surface area contributed by atoms with Gasteiger partial charge in [0.2, 0.25) is 5.91 Å². The van der Waals surface area contributed by atoms with Gasteiger partial charge in [-0.1, -0.05) is 13.8 Å². The van der Waals surface area contributed by atoms with Gasteiger partial charge in [-0.3, -0.25) is 9.69 Å². The largest absolute Gasteiger partial charge is 0.480 e. The van der Waals surface area contributed by atoms with Crippen LogP contribution in [-0.2, 0) is 9.59 Å². The molecule has 1 aliphatic heterocycles. The van der Waals surface area contributed by atoms with Gasteiger partial charge in [0.15, 0.2) is 0 Å². The van der Waals surface area contributed by atoms with E-state index in [0.717, 1.165) is 25.9 Å². The first-order chi connectivity index (χ1) is 8.26. The summed E-state index contributed by atoms with van der Waals surface area (Å²) in [6.07, 6.45) is 2.20. The first kappa shape index (κ1) is 15.0. The van der Waals surface area contributed by atoms with E-state index in [1.807, 2.05) is 13.8 Å². The van der Waals surface area contributed by atoms with Gasteiger partial charge in [0.05, 0.1) is 5.54 Å². The van der Waals surface area contributed by atoms with Crippen LogP contribution in [-0.4, -0.2) is 46.6 Å². The zero-order valence-corrected chi connectivity index (χ0v) is 11.7. The minimum atomic E-state index is -0.976. The summed E-state index contributed by atoms with van der Waals surface area (Å²) in [5, 5.41) is 11.7. The lowest BCUT2D eigenvalue weighted by atomic mass is 9.99. The van der Waals surface area contributed by atoms with E-state index in [2.05, 4.69) is 10.2 Å². The highest BCUT2D eigenvalue weighted by Crippen LogP contribution is 2.21. The highest BCUT2D eigenvalue weighted by Gasteiger charge is 2.38. The first-order valence-corrected chi connectivity index (χ1v) is 6.55. The number of carbonyl (C=O) groups excluding carboxylic acids is 1. The fourth-order valence-corrected chi connectivity index (χ4v) is 2.25. The molecule has 0 bridgehead atoms. The summed E-state index contributed by atoms with van der Waals surface area (Å²) in [7, 11) is 0. The molecule has 0 saturated carbocycles. The number of likely N-dealkylation sites (tertiary alicyclic amines) is 1. The standard InChI is InChI=1S/C13H24N2O3/c1-9(2)10(11(16)17)14-12(18)13(3,4)15-7-5-6-8-15/h9-10H,5-8H2,1-4H3,(H,14,18)(H,16,17). The molecule has 0 aliphatic carbocycles. The minimum absolute atomic E-state index is 0.124. The third-order valence-electron chi connectivity index (χ3n) is 3.67. The Balaban J connectivity index is 2.70. The molecule has 1 aliphatic rings. The van der Waals surface area contributed by atoms with Crippen molar-refractivity contribution in [2.75, 3.05) is 13.1 Å². The molecule has 1 rings (SSSR count). The molecule has 0 aromatic heterocycles. The molecule has 5 nitrogen and oxygen atoms in total. The van der Waals surface area contributed by atoms with Crippen molar-refractivity contribution in [2.45, 2.75) is 52.1 Å². The molecule has 1 amide bonds. The Morgan fingerprint density at radius 3 is 2.11 bits per heavy atom. The van der Waals surface area contributed by atoms with Crippen molar-refractivity contribution in [2.24, 2.45) is 5.92 Å². The van der Waals surface area contributed by atoms with E-state index in [9.17, 15) is 9.59 Å². The highest BCUT2D eigenvalue weighted by molar-refractivity contribution is 5.89. The topological polar surface area (TPSA) is 69.6 Å². The lowest BCUT2D eigenvalue weighted by Crippen LogP contribution is -2.58. The van der Waals surface area contributed by atoms with Gasteiger partial charge in [-0.2, -0.15) is 0 Å². The predicted molar refractivity (Wildman–Crippen MR) is 69.3 cm³/mol. The molecule has 0 radical (unpaired) electrons. The van der Waals surface area contributed by atoms with Gasteiger partial charge in [-0.05, 0) is 45.7 Å². The van der Waals surface area contributed by atoms with E-state index < -0.39 is 17.6 Å². The number of hydrogen-bond acceptors (Lipinski definition) is 3. The Kier molecular flexibility index (Phi) is 4.73. The van der Waals surface area contributed by atoms with Crippen molar-refractivity contribution in [3.05, 3.63) is 0 Å². The maximum Gasteiger partial charge on any atom is 0.326 e. The van der Waals surface area contributed by atoms with Crippen LogP contribution in [0.3, 0.4) is 0 Å². The van der Waals surface area contributed by atoms with Gasteiger partial charge >= 0.3 is 5.97 Å². The SMILES string of the molecule is CC(C)C(NC(=O)C(C)(C)N1CCCC1)C(=O)O. The fraction of sp³-hybridized carbons (Fsp3) is 0.846. The zero-order chi connectivity index (χ0) is 13.9. The third-order valence-corrected chi connectivity index (χ3v) is 3.67. The minimum Gasteiger partial charge on any atom is -0.480 e. The van der Waals surface area contributed by atoms with Gasteiger partial charge in [-0.25, -0.2) is 4.79 Å². The average Bonchev–Trinajstić information content (AvgIpc) is 2.78. The number of nitrogens with zero attached hydrogens (tertiary/aromatic N) is 1. The summed E-state index contributed by atoms with van der Waals surface area (Å²) in [6.45, 7) is 9.10. The van der Waals surface area contributed by atoms with E-state index in [-0.39, 0.29) is 11.8 Å². The molecule has 1 heterocycles. The molecule has 1 fully saturated rings. The lowest BCUT2D eigenvalue weighted by Gasteiger charge is -2.35.